The van der Waals surface area contributed by atoms with Crippen LogP contribution in [0.25, 0.3) is 0 Å². The standard InChI is InChI=1S/C50H92NO7P/c1-6-8-10-12-14-16-18-20-22-24-26-27-29-31-33-35-37-39-41-43-50(52)58-49(48-57-59(53,54)56-46-44-51(3,4)5)47-55-45-42-40-38-36-34-32-30-28-25-23-21-19-17-15-13-11-9-7-2/h9,11,14-17,20-23,49H,6-8,10,12-13,18-19,24-48H2,1-5H3/p+1/b11-9-,16-14-,17-15-,22-20-,23-21-. The third kappa shape index (κ3) is 47.1. The van der Waals surface area contributed by atoms with Gasteiger partial charge in [0.25, 0.3) is 0 Å². The number of likely N-dealkylation sites (N-methyl/N-ethyl adjacent to an activating group) is 1. The van der Waals surface area contributed by atoms with Gasteiger partial charge in [0.1, 0.15) is 19.3 Å². The van der Waals surface area contributed by atoms with Crippen LogP contribution in [-0.2, 0) is 27.9 Å². The lowest BCUT2D eigenvalue weighted by molar-refractivity contribution is -0.870. The van der Waals surface area contributed by atoms with Gasteiger partial charge in [0, 0.05) is 13.0 Å². The van der Waals surface area contributed by atoms with Crippen LogP contribution in [0, 0.1) is 0 Å². The Hall–Kier alpha value is -1.80. The largest absolute Gasteiger partial charge is 0.472 e. The van der Waals surface area contributed by atoms with E-state index in [4.69, 9.17) is 18.5 Å². The van der Waals surface area contributed by atoms with E-state index in [1.54, 1.807) is 0 Å². The van der Waals surface area contributed by atoms with E-state index < -0.39 is 13.9 Å². The molecule has 0 aliphatic heterocycles. The molecule has 2 unspecified atom stereocenters. The molecule has 8 nitrogen and oxygen atoms in total. The Morgan fingerprint density at radius 2 is 0.983 bits per heavy atom. The highest BCUT2D eigenvalue weighted by Gasteiger charge is 2.26. The van der Waals surface area contributed by atoms with E-state index in [2.05, 4.69) is 74.6 Å². The summed E-state index contributed by atoms with van der Waals surface area (Å²) in [7, 11) is 1.65. The molecule has 2 atom stereocenters. The average Bonchev–Trinajstić information content (AvgIpc) is 3.19. The van der Waals surface area contributed by atoms with E-state index >= 15 is 0 Å². The second kappa shape index (κ2) is 42.9. The summed E-state index contributed by atoms with van der Waals surface area (Å²) in [5.41, 5.74) is 0. The van der Waals surface area contributed by atoms with Crippen LogP contribution in [0.3, 0.4) is 0 Å². The predicted octanol–water partition coefficient (Wildman–Crippen LogP) is 14.5. The van der Waals surface area contributed by atoms with E-state index in [0.29, 0.717) is 24.1 Å². The van der Waals surface area contributed by atoms with Crippen LogP contribution in [0.2, 0.25) is 0 Å². The molecule has 0 bridgehead atoms. The maximum atomic E-state index is 12.7. The van der Waals surface area contributed by atoms with Crippen LogP contribution in [-0.4, -0.2) is 75.6 Å². The molecule has 0 aliphatic rings. The molecule has 0 saturated carbocycles. The zero-order chi connectivity index (χ0) is 43.4. The number of ether oxygens (including phenoxy) is 2. The van der Waals surface area contributed by atoms with E-state index in [1.165, 1.54) is 116 Å². The molecule has 0 aliphatic carbocycles. The highest BCUT2D eigenvalue weighted by molar-refractivity contribution is 7.47. The third-order valence-electron chi connectivity index (χ3n) is 10.1. The molecule has 0 radical (unpaired) electrons. The van der Waals surface area contributed by atoms with Gasteiger partial charge < -0.3 is 18.9 Å². The number of quaternary nitrogens is 1. The van der Waals surface area contributed by atoms with E-state index in [1.807, 2.05) is 21.1 Å². The summed E-state index contributed by atoms with van der Waals surface area (Å²) in [5, 5.41) is 0. The fourth-order valence-electron chi connectivity index (χ4n) is 6.36. The number of hydrogen-bond donors (Lipinski definition) is 1. The fraction of sp³-hybridized carbons (Fsp3) is 0.780. The minimum Gasteiger partial charge on any atom is -0.457 e. The summed E-state index contributed by atoms with van der Waals surface area (Å²) in [6, 6.07) is 0. The number of esters is 1. The number of nitrogens with zero attached hydrogens (tertiary/aromatic N) is 1. The number of phosphoric acid groups is 1. The molecule has 0 saturated heterocycles. The molecule has 344 valence electrons. The lowest BCUT2D eigenvalue weighted by Crippen LogP contribution is -2.37. The highest BCUT2D eigenvalue weighted by atomic mass is 31.2. The van der Waals surface area contributed by atoms with E-state index in [9.17, 15) is 14.3 Å². The SMILES string of the molecule is CC/C=C\C/C=C\C/C=C\CCCCCCCCCCOCC(COP(=O)(O)OCC[N+](C)(C)C)OC(=O)CCCCCCCCCCC/C=C\C/C=C\CCCCC. The lowest BCUT2D eigenvalue weighted by atomic mass is 10.1. The van der Waals surface area contributed by atoms with Crippen molar-refractivity contribution in [2.45, 2.75) is 200 Å². The second-order valence-electron chi connectivity index (χ2n) is 17.1. The van der Waals surface area contributed by atoms with Gasteiger partial charge in [0.05, 0.1) is 34.4 Å². The van der Waals surface area contributed by atoms with Crippen LogP contribution >= 0.6 is 7.82 Å². The minimum absolute atomic E-state index is 0.0839. The Morgan fingerprint density at radius 1 is 0.542 bits per heavy atom. The molecule has 0 aromatic heterocycles. The van der Waals surface area contributed by atoms with Crippen molar-refractivity contribution in [3.63, 3.8) is 0 Å². The first-order valence-corrected chi connectivity index (χ1v) is 25.5. The van der Waals surface area contributed by atoms with Crippen molar-refractivity contribution in [1.29, 1.82) is 0 Å². The van der Waals surface area contributed by atoms with Crippen molar-refractivity contribution in [3.8, 4) is 0 Å². The summed E-state index contributed by atoms with van der Waals surface area (Å²) in [6.45, 7) is 5.47. The van der Waals surface area contributed by atoms with Crippen LogP contribution in [0.5, 0.6) is 0 Å². The van der Waals surface area contributed by atoms with E-state index in [0.717, 1.165) is 57.8 Å². The lowest BCUT2D eigenvalue weighted by Gasteiger charge is -2.24. The molecule has 1 N–H and O–H groups in total. The van der Waals surface area contributed by atoms with Gasteiger partial charge in [-0.2, -0.15) is 0 Å². The molecule has 59 heavy (non-hydrogen) atoms. The van der Waals surface area contributed by atoms with Crippen molar-refractivity contribution in [1.82, 2.24) is 0 Å². The first kappa shape index (κ1) is 57.2. The Morgan fingerprint density at radius 3 is 1.47 bits per heavy atom. The van der Waals surface area contributed by atoms with Gasteiger partial charge in [-0.25, -0.2) is 4.57 Å². The van der Waals surface area contributed by atoms with Crippen molar-refractivity contribution >= 4 is 13.8 Å². The van der Waals surface area contributed by atoms with Crippen molar-refractivity contribution in [2.24, 2.45) is 0 Å². The third-order valence-corrected chi connectivity index (χ3v) is 11.0. The number of phosphoric ester groups is 1. The average molecular weight is 851 g/mol. The summed E-state index contributed by atoms with van der Waals surface area (Å²) >= 11 is 0. The predicted molar refractivity (Wildman–Crippen MR) is 252 cm³/mol. The Kier molecular flexibility index (Phi) is 41.6. The Bertz CT molecular complexity index is 1130. The maximum absolute atomic E-state index is 12.7. The molecule has 0 amide bonds. The molecule has 0 aromatic carbocycles. The molecule has 0 rings (SSSR count). The van der Waals surface area contributed by atoms with Gasteiger partial charge >= 0.3 is 13.8 Å². The second-order valence-corrected chi connectivity index (χ2v) is 18.6. The van der Waals surface area contributed by atoms with Crippen LogP contribution < -0.4 is 0 Å². The monoisotopic (exact) mass is 851 g/mol. The van der Waals surface area contributed by atoms with Crippen LogP contribution in [0.15, 0.2) is 60.8 Å². The number of allylic oxidation sites excluding steroid dienone is 10. The minimum atomic E-state index is -4.28. The topological polar surface area (TPSA) is 91.3 Å². The molecular weight excluding hydrogens is 758 g/mol. The first-order chi connectivity index (χ1) is 28.6. The normalized spacial score (nSPS) is 14.2. The molecule has 0 spiro atoms. The molecule has 9 heteroatoms. The maximum Gasteiger partial charge on any atom is 0.472 e. The van der Waals surface area contributed by atoms with Crippen molar-refractivity contribution in [3.05, 3.63) is 60.8 Å². The van der Waals surface area contributed by atoms with Crippen LogP contribution in [0.4, 0.5) is 0 Å². The zero-order valence-corrected chi connectivity index (χ0v) is 39.9. The van der Waals surface area contributed by atoms with Crippen molar-refractivity contribution < 1.29 is 37.3 Å². The quantitative estimate of drug-likeness (QED) is 0.0215. The van der Waals surface area contributed by atoms with Gasteiger partial charge in [-0.15, -0.1) is 0 Å². The van der Waals surface area contributed by atoms with Gasteiger partial charge in [-0.1, -0.05) is 171 Å². The number of rotatable bonds is 44. The number of hydrogen-bond acceptors (Lipinski definition) is 6. The summed E-state index contributed by atoms with van der Waals surface area (Å²) in [6.07, 6.45) is 54.0. The number of carbonyl (C=O) groups is 1. The molecular formula is C50H93NO7P+. The molecule has 0 aromatic rings. The highest BCUT2D eigenvalue weighted by Crippen LogP contribution is 2.43. The molecule has 0 heterocycles. The van der Waals surface area contributed by atoms with Crippen LogP contribution in [0.1, 0.15) is 194 Å². The smallest absolute Gasteiger partial charge is 0.457 e. The van der Waals surface area contributed by atoms with Gasteiger partial charge in [0.2, 0.25) is 0 Å². The van der Waals surface area contributed by atoms with Crippen molar-refractivity contribution in [2.75, 3.05) is 54.1 Å². The number of unbranched alkanes of at least 4 members (excludes halogenated alkanes) is 20. The van der Waals surface area contributed by atoms with Gasteiger partial charge in [0.15, 0.2) is 0 Å². The van der Waals surface area contributed by atoms with Gasteiger partial charge in [-0.05, 0) is 77.0 Å². The number of carbonyl (C=O) groups excluding carboxylic acids is 1. The first-order valence-electron chi connectivity index (χ1n) is 24.0. The molecule has 0 fully saturated rings. The summed E-state index contributed by atoms with van der Waals surface area (Å²) in [4.78, 5) is 23.0. The van der Waals surface area contributed by atoms with Gasteiger partial charge in [-0.3, -0.25) is 13.8 Å². The fourth-order valence-corrected chi connectivity index (χ4v) is 7.10. The Labute approximate surface area is 364 Å². The zero-order valence-electron chi connectivity index (χ0n) is 39.0. The summed E-state index contributed by atoms with van der Waals surface area (Å²) in [5.74, 6) is -0.322. The van der Waals surface area contributed by atoms with E-state index in [-0.39, 0.29) is 25.8 Å². The summed E-state index contributed by atoms with van der Waals surface area (Å²) < 4.78 is 35.1. The Balaban J connectivity index is 4.20.